The zero-order valence-electron chi connectivity index (χ0n) is 13.2. The highest BCUT2D eigenvalue weighted by atomic mass is 16.5. The minimum absolute atomic E-state index is 0.0620. The van der Waals surface area contributed by atoms with Gasteiger partial charge >= 0.3 is 0 Å². The van der Waals surface area contributed by atoms with Crippen LogP contribution in [0.3, 0.4) is 0 Å². The minimum atomic E-state index is -0.274. The van der Waals surface area contributed by atoms with Crippen molar-refractivity contribution in [3.8, 4) is 0 Å². The van der Waals surface area contributed by atoms with Crippen molar-refractivity contribution >= 4 is 11.7 Å². The first-order valence-corrected chi connectivity index (χ1v) is 7.65. The molecule has 2 rings (SSSR count). The highest BCUT2D eigenvalue weighted by molar-refractivity contribution is 5.95. The number of pyridine rings is 1. The third-order valence-corrected chi connectivity index (χ3v) is 3.62. The molecule has 1 unspecified atom stereocenters. The second-order valence-corrected chi connectivity index (χ2v) is 5.98. The summed E-state index contributed by atoms with van der Waals surface area (Å²) in [4.78, 5) is 16.9. The van der Waals surface area contributed by atoms with Crippen molar-refractivity contribution in [2.45, 2.75) is 45.6 Å². The minimum Gasteiger partial charge on any atom is -0.379 e. The average molecular weight is 291 g/mol. The SMILES string of the molecule is CCCNc1cc(C(=O)NC2(C)CCCOC2)cc(C)n1. The van der Waals surface area contributed by atoms with Crippen LogP contribution in [0, 0.1) is 6.92 Å². The van der Waals surface area contributed by atoms with E-state index in [-0.39, 0.29) is 11.4 Å². The number of aryl methyl sites for hydroxylation is 1. The van der Waals surface area contributed by atoms with E-state index < -0.39 is 0 Å². The van der Waals surface area contributed by atoms with Gasteiger partial charge in [-0.05, 0) is 45.2 Å². The number of nitrogens with zero attached hydrogens (tertiary/aromatic N) is 1. The highest BCUT2D eigenvalue weighted by Crippen LogP contribution is 2.19. The third-order valence-electron chi connectivity index (χ3n) is 3.62. The number of hydrogen-bond acceptors (Lipinski definition) is 4. The molecule has 1 fully saturated rings. The van der Waals surface area contributed by atoms with Gasteiger partial charge in [-0.2, -0.15) is 0 Å². The van der Waals surface area contributed by atoms with Gasteiger partial charge < -0.3 is 15.4 Å². The molecule has 1 aliphatic rings. The second-order valence-electron chi connectivity index (χ2n) is 5.98. The predicted molar refractivity (Wildman–Crippen MR) is 83.7 cm³/mol. The molecule has 0 aliphatic carbocycles. The number of carbonyl (C=O) groups is 1. The summed E-state index contributed by atoms with van der Waals surface area (Å²) in [5.41, 5.74) is 1.21. The Balaban J connectivity index is 2.09. The molecule has 1 amide bonds. The summed E-state index contributed by atoms with van der Waals surface area (Å²) < 4.78 is 5.48. The van der Waals surface area contributed by atoms with Gasteiger partial charge in [0.05, 0.1) is 12.1 Å². The number of hydrogen-bond donors (Lipinski definition) is 2. The van der Waals surface area contributed by atoms with Crippen molar-refractivity contribution in [1.82, 2.24) is 10.3 Å². The van der Waals surface area contributed by atoms with E-state index in [2.05, 4.69) is 22.5 Å². The maximum Gasteiger partial charge on any atom is 0.251 e. The fourth-order valence-electron chi connectivity index (χ4n) is 2.52. The van der Waals surface area contributed by atoms with Crippen molar-refractivity contribution in [3.05, 3.63) is 23.4 Å². The van der Waals surface area contributed by atoms with E-state index in [1.54, 1.807) is 0 Å². The molecule has 1 atom stereocenters. The number of ether oxygens (including phenoxy) is 1. The quantitative estimate of drug-likeness (QED) is 0.875. The Bertz CT molecular complexity index is 496. The number of carbonyl (C=O) groups excluding carboxylic acids is 1. The van der Waals surface area contributed by atoms with Crippen molar-refractivity contribution in [1.29, 1.82) is 0 Å². The number of nitrogens with one attached hydrogen (secondary N) is 2. The van der Waals surface area contributed by atoms with E-state index in [1.165, 1.54) is 0 Å². The maximum absolute atomic E-state index is 12.5. The fourth-order valence-corrected chi connectivity index (χ4v) is 2.52. The normalized spacial score (nSPS) is 21.9. The summed E-state index contributed by atoms with van der Waals surface area (Å²) in [6.45, 7) is 8.24. The van der Waals surface area contributed by atoms with Gasteiger partial charge in [0.2, 0.25) is 0 Å². The second kappa shape index (κ2) is 6.89. The summed E-state index contributed by atoms with van der Waals surface area (Å²) in [7, 11) is 0. The average Bonchev–Trinajstić information content (AvgIpc) is 2.45. The Morgan fingerprint density at radius 1 is 1.48 bits per heavy atom. The first kappa shape index (κ1) is 15.8. The molecule has 116 valence electrons. The molecule has 0 bridgehead atoms. The molecule has 0 aromatic carbocycles. The lowest BCUT2D eigenvalue weighted by Gasteiger charge is -2.34. The molecule has 1 aromatic heterocycles. The van der Waals surface area contributed by atoms with Crippen LogP contribution >= 0.6 is 0 Å². The van der Waals surface area contributed by atoms with E-state index >= 15 is 0 Å². The van der Waals surface area contributed by atoms with E-state index in [1.807, 2.05) is 26.0 Å². The Morgan fingerprint density at radius 2 is 2.29 bits per heavy atom. The topological polar surface area (TPSA) is 63.2 Å². The van der Waals surface area contributed by atoms with Crippen LogP contribution in [0.15, 0.2) is 12.1 Å². The van der Waals surface area contributed by atoms with Gasteiger partial charge in [0.1, 0.15) is 5.82 Å². The molecule has 1 aromatic rings. The lowest BCUT2D eigenvalue weighted by molar-refractivity contribution is 0.0272. The molecule has 1 saturated heterocycles. The molecule has 2 heterocycles. The highest BCUT2D eigenvalue weighted by Gasteiger charge is 2.29. The van der Waals surface area contributed by atoms with Crippen LogP contribution in [0.5, 0.6) is 0 Å². The molecular formula is C16H25N3O2. The van der Waals surface area contributed by atoms with Crippen LogP contribution < -0.4 is 10.6 Å². The van der Waals surface area contributed by atoms with Gasteiger partial charge in [-0.1, -0.05) is 6.92 Å². The zero-order chi connectivity index (χ0) is 15.3. The van der Waals surface area contributed by atoms with Crippen LogP contribution in [0.2, 0.25) is 0 Å². The molecule has 5 nitrogen and oxygen atoms in total. The van der Waals surface area contributed by atoms with Crippen molar-refractivity contribution in [2.75, 3.05) is 25.1 Å². The molecular weight excluding hydrogens is 266 g/mol. The van der Waals surface area contributed by atoms with E-state index in [0.717, 1.165) is 43.9 Å². The van der Waals surface area contributed by atoms with Crippen LogP contribution in [0.4, 0.5) is 5.82 Å². The molecule has 0 radical (unpaired) electrons. The zero-order valence-corrected chi connectivity index (χ0v) is 13.2. The molecule has 21 heavy (non-hydrogen) atoms. The van der Waals surface area contributed by atoms with Crippen molar-refractivity contribution < 1.29 is 9.53 Å². The van der Waals surface area contributed by atoms with Gasteiger partial charge in [-0.3, -0.25) is 4.79 Å². The van der Waals surface area contributed by atoms with E-state index in [0.29, 0.717) is 12.2 Å². The Labute approximate surface area is 126 Å². The first-order valence-electron chi connectivity index (χ1n) is 7.65. The molecule has 5 heteroatoms. The smallest absolute Gasteiger partial charge is 0.251 e. The van der Waals surface area contributed by atoms with Crippen LogP contribution in [0.25, 0.3) is 0 Å². The lowest BCUT2D eigenvalue weighted by Crippen LogP contribution is -2.51. The molecule has 0 saturated carbocycles. The van der Waals surface area contributed by atoms with Gasteiger partial charge in [0, 0.05) is 24.4 Å². The van der Waals surface area contributed by atoms with E-state index in [4.69, 9.17) is 4.74 Å². The Hall–Kier alpha value is -1.62. The molecule has 2 N–H and O–H groups in total. The Kier molecular flexibility index (Phi) is 5.17. The van der Waals surface area contributed by atoms with Crippen LogP contribution in [-0.2, 0) is 4.74 Å². The van der Waals surface area contributed by atoms with E-state index in [9.17, 15) is 4.79 Å². The van der Waals surface area contributed by atoms with Crippen LogP contribution in [-0.4, -0.2) is 36.2 Å². The molecule has 0 spiro atoms. The summed E-state index contributed by atoms with van der Waals surface area (Å²) in [6, 6.07) is 3.63. The number of rotatable bonds is 5. The third kappa shape index (κ3) is 4.43. The van der Waals surface area contributed by atoms with Gasteiger partial charge in [0.15, 0.2) is 0 Å². The number of aromatic nitrogens is 1. The summed E-state index contributed by atoms with van der Waals surface area (Å²) in [5, 5.41) is 6.33. The summed E-state index contributed by atoms with van der Waals surface area (Å²) in [6.07, 6.45) is 2.95. The van der Waals surface area contributed by atoms with Crippen LogP contribution in [0.1, 0.15) is 49.2 Å². The maximum atomic E-state index is 12.5. The van der Waals surface area contributed by atoms with Gasteiger partial charge in [-0.15, -0.1) is 0 Å². The largest absolute Gasteiger partial charge is 0.379 e. The number of amides is 1. The standard InChI is InChI=1S/C16H25N3O2/c1-4-7-17-14-10-13(9-12(2)18-14)15(20)19-16(3)6-5-8-21-11-16/h9-10H,4-8,11H2,1-3H3,(H,17,18)(H,19,20). The van der Waals surface area contributed by atoms with Crippen molar-refractivity contribution in [3.63, 3.8) is 0 Å². The summed E-state index contributed by atoms with van der Waals surface area (Å²) >= 11 is 0. The lowest BCUT2D eigenvalue weighted by atomic mass is 9.94. The summed E-state index contributed by atoms with van der Waals surface area (Å²) in [5.74, 6) is 0.695. The fraction of sp³-hybridized carbons (Fsp3) is 0.625. The molecule has 1 aliphatic heterocycles. The monoisotopic (exact) mass is 291 g/mol. The Morgan fingerprint density at radius 3 is 2.95 bits per heavy atom. The first-order chi connectivity index (χ1) is 10.0. The van der Waals surface area contributed by atoms with Gasteiger partial charge in [-0.25, -0.2) is 4.98 Å². The van der Waals surface area contributed by atoms with Crippen molar-refractivity contribution in [2.24, 2.45) is 0 Å². The predicted octanol–water partition coefficient (Wildman–Crippen LogP) is 2.51. The number of anilines is 1. The van der Waals surface area contributed by atoms with Gasteiger partial charge in [0.25, 0.3) is 5.91 Å².